The summed E-state index contributed by atoms with van der Waals surface area (Å²) < 4.78 is 24.3. The molecule has 0 radical (unpaired) electrons. The topological polar surface area (TPSA) is 55.8 Å². The molecule has 6 heteroatoms. The number of carbonyl (C=O) groups is 1. The van der Waals surface area contributed by atoms with Crippen LogP contribution in [0.5, 0.6) is 17.2 Å². The minimum absolute atomic E-state index is 0.0288. The minimum atomic E-state index is -1.03. The molecule has 0 saturated heterocycles. The van der Waals surface area contributed by atoms with E-state index in [0.717, 1.165) is 0 Å². The quantitative estimate of drug-likeness (QED) is 0.901. The standard InChI is InChI=1S/C17H12ClFO4/c1-9-4-12(19)2-3-14(9)23-16-7-15-10(6-13(16)18)5-11(8-22-15)17(20)21/h2-7H,8H2,1H3,(H,20,21). The number of hydrogen-bond donors (Lipinski definition) is 1. The molecule has 0 amide bonds. The van der Waals surface area contributed by atoms with E-state index in [4.69, 9.17) is 26.2 Å². The molecular formula is C17H12ClFO4. The van der Waals surface area contributed by atoms with Crippen molar-refractivity contribution in [2.45, 2.75) is 6.92 Å². The van der Waals surface area contributed by atoms with Crippen LogP contribution in [0.15, 0.2) is 35.9 Å². The van der Waals surface area contributed by atoms with Crippen LogP contribution < -0.4 is 9.47 Å². The summed E-state index contributed by atoms with van der Waals surface area (Å²) >= 11 is 6.19. The monoisotopic (exact) mass is 334 g/mol. The summed E-state index contributed by atoms with van der Waals surface area (Å²) in [6.07, 6.45) is 1.51. The maximum atomic E-state index is 13.1. The van der Waals surface area contributed by atoms with Crippen LogP contribution in [0.2, 0.25) is 5.02 Å². The van der Waals surface area contributed by atoms with Crippen molar-refractivity contribution in [1.29, 1.82) is 0 Å². The van der Waals surface area contributed by atoms with Crippen molar-refractivity contribution < 1.29 is 23.8 Å². The number of halogens is 2. The van der Waals surface area contributed by atoms with Gasteiger partial charge in [-0.3, -0.25) is 0 Å². The molecule has 1 N–H and O–H groups in total. The Morgan fingerprint density at radius 2 is 2.09 bits per heavy atom. The van der Waals surface area contributed by atoms with Crippen LogP contribution in [0.1, 0.15) is 11.1 Å². The van der Waals surface area contributed by atoms with Gasteiger partial charge in [0.05, 0.1) is 10.6 Å². The molecule has 1 aliphatic heterocycles. The van der Waals surface area contributed by atoms with Gasteiger partial charge in [0.25, 0.3) is 0 Å². The van der Waals surface area contributed by atoms with Gasteiger partial charge in [-0.15, -0.1) is 0 Å². The third kappa shape index (κ3) is 3.14. The van der Waals surface area contributed by atoms with Crippen LogP contribution in [0.3, 0.4) is 0 Å². The van der Waals surface area contributed by atoms with Gasteiger partial charge in [-0.25, -0.2) is 9.18 Å². The molecule has 1 heterocycles. The summed E-state index contributed by atoms with van der Waals surface area (Å²) in [7, 11) is 0. The molecule has 0 aromatic heterocycles. The Morgan fingerprint density at radius 3 is 2.78 bits per heavy atom. The second-order valence-electron chi connectivity index (χ2n) is 5.10. The number of fused-ring (bicyclic) bond motifs is 1. The van der Waals surface area contributed by atoms with E-state index >= 15 is 0 Å². The predicted molar refractivity (Wildman–Crippen MR) is 83.8 cm³/mol. The molecule has 0 atom stereocenters. The smallest absolute Gasteiger partial charge is 0.335 e. The number of carboxylic acids is 1. The normalized spacial score (nSPS) is 12.9. The Hall–Kier alpha value is -2.53. The molecule has 0 aliphatic carbocycles. The van der Waals surface area contributed by atoms with Gasteiger partial charge < -0.3 is 14.6 Å². The van der Waals surface area contributed by atoms with Gasteiger partial charge in [-0.1, -0.05) is 11.6 Å². The van der Waals surface area contributed by atoms with Crippen molar-refractivity contribution in [3.05, 3.63) is 57.9 Å². The molecule has 2 aromatic rings. The fourth-order valence-electron chi connectivity index (χ4n) is 2.22. The van der Waals surface area contributed by atoms with Gasteiger partial charge >= 0.3 is 5.97 Å². The largest absolute Gasteiger partial charge is 0.488 e. The van der Waals surface area contributed by atoms with Gasteiger partial charge in [0, 0.05) is 11.6 Å². The van der Waals surface area contributed by atoms with Crippen molar-refractivity contribution >= 4 is 23.6 Å². The van der Waals surface area contributed by atoms with E-state index in [2.05, 4.69) is 0 Å². The van der Waals surface area contributed by atoms with Gasteiger partial charge in [-0.05, 0) is 42.8 Å². The first-order valence-corrected chi connectivity index (χ1v) is 7.16. The van der Waals surface area contributed by atoms with Crippen molar-refractivity contribution in [2.24, 2.45) is 0 Å². The average Bonchev–Trinajstić information content (AvgIpc) is 2.50. The number of ether oxygens (including phenoxy) is 2. The lowest BCUT2D eigenvalue weighted by Crippen LogP contribution is -2.14. The highest BCUT2D eigenvalue weighted by Crippen LogP contribution is 2.38. The molecule has 1 aliphatic rings. The van der Waals surface area contributed by atoms with E-state index in [1.807, 2.05) is 0 Å². The van der Waals surface area contributed by atoms with Crippen molar-refractivity contribution in [1.82, 2.24) is 0 Å². The van der Waals surface area contributed by atoms with E-state index in [1.54, 1.807) is 19.1 Å². The van der Waals surface area contributed by atoms with Gasteiger partial charge in [0.15, 0.2) is 0 Å². The number of rotatable bonds is 3. The summed E-state index contributed by atoms with van der Waals surface area (Å²) in [6, 6.07) is 7.35. The fraction of sp³-hybridized carbons (Fsp3) is 0.118. The maximum absolute atomic E-state index is 13.1. The molecule has 23 heavy (non-hydrogen) atoms. The van der Waals surface area contributed by atoms with Crippen molar-refractivity contribution in [2.75, 3.05) is 6.61 Å². The maximum Gasteiger partial charge on any atom is 0.335 e. The Morgan fingerprint density at radius 1 is 1.30 bits per heavy atom. The first-order valence-electron chi connectivity index (χ1n) is 6.78. The number of carboxylic acid groups (broad SMARTS) is 1. The summed E-state index contributed by atoms with van der Waals surface area (Å²) in [5.41, 5.74) is 1.35. The highest BCUT2D eigenvalue weighted by atomic mass is 35.5. The van der Waals surface area contributed by atoms with Crippen LogP contribution in [0, 0.1) is 12.7 Å². The Kier molecular flexibility index (Phi) is 3.96. The molecule has 0 fully saturated rings. The van der Waals surface area contributed by atoms with E-state index in [-0.39, 0.29) is 18.0 Å². The zero-order valence-electron chi connectivity index (χ0n) is 12.1. The number of aryl methyl sites for hydroxylation is 1. The van der Waals surface area contributed by atoms with Crippen LogP contribution in [-0.2, 0) is 4.79 Å². The second kappa shape index (κ2) is 5.93. The van der Waals surface area contributed by atoms with Gasteiger partial charge in [0.2, 0.25) is 0 Å². The molecular weight excluding hydrogens is 323 g/mol. The van der Waals surface area contributed by atoms with E-state index in [1.165, 1.54) is 24.3 Å². The first-order chi connectivity index (χ1) is 10.9. The van der Waals surface area contributed by atoms with E-state index < -0.39 is 5.97 Å². The van der Waals surface area contributed by atoms with Gasteiger partial charge in [0.1, 0.15) is 29.7 Å². The summed E-state index contributed by atoms with van der Waals surface area (Å²) in [5, 5.41) is 9.30. The van der Waals surface area contributed by atoms with E-state index in [0.29, 0.717) is 33.4 Å². The van der Waals surface area contributed by atoms with E-state index in [9.17, 15) is 9.18 Å². The number of benzene rings is 2. The summed E-state index contributed by atoms with van der Waals surface area (Å²) in [6.45, 7) is 1.70. The molecule has 0 unspecified atom stereocenters. The van der Waals surface area contributed by atoms with Crippen LogP contribution in [-0.4, -0.2) is 17.7 Å². The number of hydrogen-bond acceptors (Lipinski definition) is 3. The lowest BCUT2D eigenvalue weighted by molar-refractivity contribution is -0.132. The molecule has 0 spiro atoms. The Labute approximate surface area is 136 Å². The van der Waals surface area contributed by atoms with Crippen LogP contribution >= 0.6 is 11.6 Å². The number of aliphatic carboxylic acids is 1. The molecule has 0 bridgehead atoms. The Balaban J connectivity index is 1.95. The lowest BCUT2D eigenvalue weighted by atomic mass is 10.1. The third-order valence-corrected chi connectivity index (χ3v) is 3.70. The van der Waals surface area contributed by atoms with Crippen molar-refractivity contribution in [3.8, 4) is 17.2 Å². The third-order valence-electron chi connectivity index (χ3n) is 3.41. The molecule has 118 valence electrons. The zero-order chi connectivity index (χ0) is 16.6. The van der Waals surface area contributed by atoms with Crippen molar-refractivity contribution in [3.63, 3.8) is 0 Å². The molecule has 3 rings (SSSR count). The predicted octanol–water partition coefficient (Wildman–Crippen LogP) is 4.44. The minimum Gasteiger partial charge on any atom is -0.488 e. The van der Waals surface area contributed by atoms with Gasteiger partial charge in [-0.2, -0.15) is 0 Å². The summed E-state index contributed by atoms with van der Waals surface area (Å²) in [4.78, 5) is 11.0. The highest BCUT2D eigenvalue weighted by Gasteiger charge is 2.19. The second-order valence-corrected chi connectivity index (χ2v) is 5.50. The van der Waals surface area contributed by atoms with Crippen LogP contribution in [0.4, 0.5) is 4.39 Å². The first kappa shape index (κ1) is 15.4. The zero-order valence-corrected chi connectivity index (χ0v) is 12.9. The fourth-order valence-corrected chi connectivity index (χ4v) is 2.43. The lowest BCUT2D eigenvalue weighted by Gasteiger charge is -2.18. The summed E-state index contributed by atoms with van der Waals surface area (Å²) in [5.74, 6) is -0.0672. The molecule has 0 saturated carbocycles. The Bertz CT molecular complexity index is 830. The molecule has 4 nitrogen and oxygen atoms in total. The SMILES string of the molecule is Cc1cc(F)ccc1Oc1cc2c(cc1Cl)C=C(C(=O)O)CO2. The van der Waals surface area contributed by atoms with Crippen LogP contribution in [0.25, 0.3) is 6.08 Å². The average molecular weight is 335 g/mol. The molecule has 2 aromatic carbocycles. The highest BCUT2D eigenvalue weighted by molar-refractivity contribution is 6.32.